The third-order valence-corrected chi connectivity index (χ3v) is 3.52. The van der Waals surface area contributed by atoms with Crippen LogP contribution in [-0.2, 0) is 16.1 Å². The van der Waals surface area contributed by atoms with Gasteiger partial charge in [0.05, 0.1) is 18.0 Å². The lowest BCUT2D eigenvalue weighted by Crippen LogP contribution is -2.40. The fourth-order valence-electron chi connectivity index (χ4n) is 2.27. The molecule has 0 aliphatic rings. The van der Waals surface area contributed by atoms with Gasteiger partial charge in [0.1, 0.15) is 0 Å². The molecule has 2 rings (SSSR count). The molecule has 0 saturated carbocycles. The Bertz CT molecular complexity index is 717. The molecule has 6 heteroatoms. The first-order chi connectivity index (χ1) is 11.5. The smallest absolute Gasteiger partial charge is 0.313 e. The second-order valence-corrected chi connectivity index (χ2v) is 5.48. The number of amides is 2. The van der Waals surface area contributed by atoms with Gasteiger partial charge in [0.25, 0.3) is 0 Å². The van der Waals surface area contributed by atoms with E-state index in [0.717, 1.165) is 11.1 Å². The molecule has 2 aromatic rings. The van der Waals surface area contributed by atoms with Gasteiger partial charge in [-0.25, -0.2) is 0 Å². The van der Waals surface area contributed by atoms with Crippen LogP contribution in [0.2, 0.25) is 0 Å². The average molecular weight is 327 g/mol. The van der Waals surface area contributed by atoms with E-state index in [1.807, 2.05) is 43.3 Å². The second-order valence-electron chi connectivity index (χ2n) is 5.48. The number of nitrogens with two attached hydrogens (primary N) is 1. The molecular weight excluding hydrogens is 306 g/mol. The summed E-state index contributed by atoms with van der Waals surface area (Å²) in [7, 11) is 0. The fraction of sp³-hybridized carbons (Fsp3) is 0.222. The van der Waals surface area contributed by atoms with Gasteiger partial charge in [0, 0.05) is 13.1 Å². The van der Waals surface area contributed by atoms with Crippen molar-refractivity contribution in [2.24, 2.45) is 0 Å². The molecule has 0 radical (unpaired) electrons. The van der Waals surface area contributed by atoms with E-state index in [2.05, 4.69) is 5.32 Å². The Morgan fingerprint density at radius 1 is 1.17 bits per heavy atom. The molecule has 2 aromatic carbocycles. The maximum Gasteiger partial charge on any atom is 0.313 e. The van der Waals surface area contributed by atoms with Gasteiger partial charge in [-0.2, -0.15) is 0 Å². The highest BCUT2D eigenvalue weighted by atomic mass is 16.3. The van der Waals surface area contributed by atoms with Crippen LogP contribution in [0, 0.1) is 6.92 Å². The molecule has 0 spiro atoms. The summed E-state index contributed by atoms with van der Waals surface area (Å²) in [5.74, 6) is -1.49. The molecule has 4 N–H and O–H groups in total. The Kier molecular flexibility index (Phi) is 5.92. The predicted molar refractivity (Wildman–Crippen MR) is 93.2 cm³/mol. The zero-order valence-corrected chi connectivity index (χ0v) is 13.5. The van der Waals surface area contributed by atoms with Crippen LogP contribution in [0.4, 0.5) is 11.4 Å². The molecule has 0 atom stereocenters. The number of hydrogen-bond donors (Lipinski definition) is 3. The van der Waals surface area contributed by atoms with Crippen molar-refractivity contribution in [3.63, 3.8) is 0 Å². The van der Waals surface area contributed by atoms with E-state index in [-0.39, 0.29) is 19.7 Å². The first-order valence-electron chi connectivity index (χ1n) is 7.62. The maximum absolute atomic E-state index is 12.4. The molecule has 0 aliphatic carbocycles. The van der Waals surface area contributed by atoms with E-state index < -0.39 is 11.8 Å². The molecule has 6 nitrogen and oxygen atoms in total. The molecule has 0 heterocycles. The number of aliphatic hydroxyl groups excluding tert-OH is 1. The van der Waals surface area contributed by atoms with Crippen molar-refractivity contribution in [1.82, 2.24) is 4.90 Å². The van der Waals surface area contributed by atoms with Crippen molar-refractivity contribution < 1.29 is 14.7 Å². The number of benzene rings is 2. The quantitative estimate of drug-likeness (QED) is 0.573. The van der Waals surface area contributed by atoms with E-state index in [1.165, 1.54) is 4.90 Å². The van der Waals surface area contributed by atoms with Gasteiger partial charge in [0.2, 0.25) is 0 Å². The Morgan fingerprint density at radius 2 is 1.88 bits per heavy atom. The molecule has 2 amide bonds. The minimum Gasteiger partial charge on any atom is -0.397 e. The number of aryl methyl sites for hydroxylation is 1. The highest BCUT2D eigenvalue weighted by molar-refractivity contribution is 6.39. The molecule has 0 fully saturated rings. The second kappa shape index (κ2) is 8.12. The number of carbonyl (C=O) groups is 2. The van der Waals surface area contributed by atoms with Crippen molar-refractivity contribution in [3.8, 4) is 0 Å². The van der Waals surface area contributed by atoms with E-state index in [0.29, 0.717) is 11.4 Å². The molecule has 0 saturated heterocycles. The van der Waals surface area contributed by atoms with Crippen LogP contribution in [-0.4, -0.2) is 35.0 Å². The van der Waals surface area contributed by atoms with Crippen molar-refractivity contribution in [3.05, 3.63) is 59.7 Å². The number of hydrogen-bond acceptors (Lipinski definition) is 4. The summed E-state index contributed by atoms with van der Waals surface area (Å²) < 4.78 is 0. The first-order valence-corrected chi connectivity index (χ1v) is 7.62. The Balaban J connectivity index is 2.10. The lowest BCUT2D eigenvalue weighted by atomic mass is 10.2. The number of anilines is 2. The van der Waals surface area contributed by atoms with Crippen LogP contribution in [0.3, 0.4) is 0 Å². The van der Waals surface area contributed by atoms with Crippen LogP contribution in [0.25, 0.3) is 0 Å². The van der Waals surface area contributed by atoms with E-state index in [4.69, 9.17) is 5.73 Å². The SMILES string of the molecule is Cc1ccc(N)c(NC(=O)C(=O)N(CCO)Cc2ccccc2)c1. The number of nitrogens with zero attached hydrogens (tertiary/aromatic N) is 1. The molecule has 0 bridgehead atoms. The van der Waals surface area contributed by atoms with Gasteiger partial charge >= 0.3 is 11.8 Å². The Hall–Kier alpha value is -2.86. The molecular formula is C18H21N3O3. The van der Waals surface area contributed by atoms with Gasteiger partial charge in [-0.1, -0.05) is 36.4 Å². The van der Waals surface area contributed by atoms with Crippen LogP contribution in [0.5, 0.6) is 0 Å². The summed E-state index contributed by atoms with van der Waals surface area (Å²) >= 11 is 0. The minimum atomic E-state index is -0.781. The van der Waals surface area contributed by atoms with E-state index in [1.54, 1.807) is 12.1 Å². The number of aliphatic hydroxyl groups is 1. The topological polar surface area (TPSA) is 95.7 Å². The fourth-order valence-corrected chi connectivity index (χ4v) is 2.27. The number of nitrogen functional groups attached to an aromatic ring is 1. The van der Waals surface area contributed by atoms with Gasteiger partial charge in [-0.3, -0.25) is 9.59 Å². The zero-order chi connectivity index (χ0) is 17.5. The minimum absolute atomic E-state index is 0.0739. The normalized spacial score (nSPS) is 10.2. The van der Waals surface area contributed by atoms with Crippen LogP contribution in [0.1, 0.15) is 11.1 Å². The molecule has 24 heavy (non-hydrogen) atoms. The average Bonchev–Trinajstić information content (AvgIpc) is 2.58. The van der Waals surface area contributed by atoms with E-state index in [9.17, 15) is 14.7 Å². The van der Waals surface area contributed by atoms with Crippen LogP contribution < -0.4 is 11.1 Å². The van der Waals surface area contributed by atoms with Crippen molar-refractivity contribution >= 4 is 23.2 Å². The van der Waals surface area contributed by atoms with Crippen molar-refractivity contribution in [2.45, 2.75) is 13.5 Å². The first kappa shape index (κ1) is 17.5. The maximum atomic E-state index is 12.4. The lowest BCUT2D eigenvalue weighted by Gasteiger charge is -2.21. The summed E-state index contributed by atoms with van der Waals surface area (Å²) in [6.45, 7) is 1.96. The van der Waals surface area contributed by atoms with Gasteiger partial charge < -0.3 is 21.1 Å². The van der Waals surface area contributed by atoms with Crippen molar-refractivity contribution in [1.29, 1.82) is 0 Å². The van der Waals surface area contributed by atoms with Gasteiger partial charge in [-0.15, -0.1) is 0 Å². The molecule has 0 aromatic heterocycles. The van der Waals surface area contributed by atoms with E-state index >= 15 is 0 Å². The standard InChI is InChI=1S/C18H21N3O3/c1-13-7-8-15(19)16(11-13)20-17(23)18(24)21(9-10-22)12-14-5-3-2-4-6-14/h2-8,11,22H,9-10,12,19H2,1H3,(H,20,23). The van der Waals surface area contributed by atoms with Crippen LogP contribution in [0.15, 0.2) is 48.5 Å². The molecule has 0 aliphatic heterocycles. The Morgan fingerprint density at radius 3 is 2.54 bits per heavy atom. The number of rotatable bonds is 5. The molecule has 126 valence electrons. The highest BCUT2D eigenvalue weighted by Gasteiger charge is 2.22. The van der Waals surface area contributed by atoms with Gasteiger partial charge in [0.15, 0.2) is 0 Å². The summed E-state index contributed by atoms with van der Waals surface area (Å²) in [4.78, 5) is 25.9. The third-order valence-electron chi connectivity index (χ3n) is 3.52. The molecule has 0 unspecified atom stereocenters. The number of carbonyl (C=O) groups excluding carboxylic acids is 2. The third kappa shape index (κ3) is 4.57. The summed E-state index contributed by atoms with van der Waals surface area (Å²) in [5.41, 5.74) is 8.40. The van der Waals surface area contributed by atoms with Crippen molar-refractivity contribution in [2.75, 3.05) is 24.2 Å². The number of nitrogens with one attached hydrogen (secondary N) is 1. The highest BCUT2D eigenvalue weighted by Crippen LogP contribution is 2.19. The van der Waals surface area contributed by atoms with Gasteiger partial charge in [-0.05, 0) is 30.2 Å². The lowest BCUT2D eigenvalue weighted by molar-refractivity contribution is -0.143. The summed E-state index contributed by atoms with van der Waals surface area (Å²) in [6.07, 6.45) is 0. The predicted octanol–water partition coefficient (Wildman–Crippen LogP) is 1.54. The zero-order valence-electron chi connectivity index (χ0n) is 13.5. The monoisotopic (exact) mass is 327 g/mol. The summed E-state index contributed by atoms with van der Waals surface area (Å²) in [5, 5.41) is 11.7. The largest absolute Gasteiger partial charge is 0.397 e. The van der Waals surface area contributed by atoms with Crippen LogP contribution >= 0.6 is 0 Å². The summed E-state index contributed by atoms with van der Waals surface area (Å²) in [6, 6.07) is 14.5. The Labute approximate surface area is 140 Å².